The van der Waals surface area contributed by atoms with Gasteiger partial charge in [-0.25, -0.2) is 13.1 Å². The highest BCUT2D eigenvalue weighted by molar-refractivity contribution is 7.89. The summed E-state index contributed by atoms with van der Waals surface area (Å²) in [4.78, 5) is 11.4. The molecule has 3 rings (SSSR count). The molecule has 0 saturated heterocycles. The highest BCUT2D eigenvalue weighted by Crippen LogP contribution is 2.30. The minimum Gasteiger partial charge on any atom is -0.325 e. The number of nitrogens with zero attached hydrogens (tertiary/aromatic N) is 2. The molecule has 0 aliphatic heterocycles. The second kappa shape index (κ2) is 8.27. The van der Waals surface area contributed by atoms with Gasteiger partial charge in [-0.3, -0.25) is 4.79 Å². The molecule has 0 aliphatic rings. The zero-order valence-corrected chi connectivity index (χ0v) is 16.1. The summed E-state index contributed by atoms with van der Waals surface area (Å²) >= 11 is 1.20. The van der Waals surface area contributed by atoms with Crippen molar-refractivity contribution >= 4 is 33.2 Å². The van der Waals surface area contributed by atoms with Crippen LogP contribution in [0.15, 0.2) is 58.8 Å². The van der Waals surface area contributed by atoms with Crippen molar-refractivity contribution in [2.75, 3.05) is 11.9 Å². The lowest BCUT2D eigenvalue weighted by Crippen LogP contribution is -2.33. The Balaban J connectivity index is 1.61. The molecule has 0 aliphatic carbocycles. The lowest BCUT2D eigenvalue weighted by Gasteiger charge is -2.11. The van der Waals surface area contributed by atoms with E-state index in [-0.39, 0.29) is 0 Å². The third-order valence-electron chi connectivity index (χ3n) is 3.72. The Bertz CT molecular complexity index is 1100. The number of nitrogens with one attached hydrogen (secondary N) is 2. The van der Waals surface area contributed by atoms with E-state index in [2.05, 4.69) is 14.9 Å². The zero-order valence-electron chi connectivity index (χ0n) is 14.5. The Kier molecular flexibility index (Phi) is 5.96. The molecular weight excluding hydrogens is 429 g/mol. The average Bonchev–Trinajstić information content (AvgIpc) is 3.21. The van der Waals surface area contributed by atoms with Gasteiger partial charge in [0.1, 0.15) is 5.69 Å². The SMILES string of the molecule is O=C(CNS(=O)(=O)c1cccc(C(F)(F)F)c1)Nc1ccc(-c2csnn2)cc1. The minimum absolute atomic E-state index is 0.417. The van der Waals surface area contributed by atoms with Crippen molar-refractivity contribution in [1.29, 1.82) is 0 Å². The maximum absolute atomic E-state index is 12.7. The van der Waals surface area contributed by atoms with Crippen molar-refractivity contribution in [3.8, 4) is 11.3 Å². The van der Waals surface area contributed by atoms with Gasteiger partial charge in [-0.15, -0.1) is 5.10 Å². The van der Waals surface area contributed by atoms with E-state index in [9.17, 15) is 26.4 Å². The monoisotopic (exact) mass is 442 g/mol. The van der Waals surface area contributed by atoms with Crippen molar-refractivity contribution in [2.45, 2.75) is 11.1 Å². The first kappa shape index (κ1) is 20.9. The topological polar surface area (TPSA) is 101 Å². The molecule has 7 nitrogen and oxygen atoms in total. The quantitative estimate of drug-likeness (QED) is 0.611. The van der Waals surface area contributed by atoms with Gasteiger partial charge >= 0.3 is 6.18 Å². The number of amides is 1. The van der Waals surface area contributed by atoms with Gasteiger partial charge in [0.25, 0.3) is 0 Å². The first-order chi connectivity index (χ1) is 13.6. The van der Waals surface area contributed by atoms with Gasteiger partial charge in [0, 0.05) is 16.6 Å². The smallest absolute Gasteiger partial charge is 0.325 e. The summed E-state index contributed by atoms with van der Waals surface area (Å²) in [5, 5.41) is 8.17. The number of hydrogen-bond donors (Lipinski definition) is 2. The number of rotatable bonds is 6. The summed E-state index contributed by atoms with van der Waals surface area (Å²) in [6, 6.07) is 9.89. The number of sulfonamides is 1. The average molecular weight is 442 g/mol. The Hall–Kier alpha value is -2.83. The number of hydrogen-bond acceptors (Lipinski definition) is 6. The van der Waals surface area contributed by atoms with E-state index in [1.807, 2.05) is 4.72 Å². The molecule has 2 N–H and O–H groups in total. The number of carbonyl (C=O) groups is 1. The van der Waals surface area contributed by atoms with Crippen LogP contribution >= 0.6 is 11.5 Å². The summed E-state index contributed by atoms with van der Waals surface area (Å²) in [5.74, 6) is -0.677. The molecule has 0 fully saturated rings. The van der Waals surface area contributed by atoms with Crippen molar-refractivity contribution in [3.05, 3.63) is 59.5 Å². The van der Waals surface area contributed by atoms with Crippen molar-refractivity contribution in [3.63, 3.8) is 0 Å². The summed E-state index contributed by atoms with van der Waals surface area (Å²) in [7, 11) is -4.29. The summed E-state index contributed by atoms with van der Waals surface area (Å²) in [5.41, 5.74) is 0.796. The van der Waals surface area contributed by atoms with Crippen LogP contribution in [0.25, 0.3) is 11.3 Å². The molecule has 1 amide bonds. The van der Waals surface area contributed by atoms with Crippen molar-refractivity contribution < 1.29 is 26.4 Å². The largest absolute Gasteiger partial charge is 0.416 e. The maximum Gasteiger partial charge on any atom is 0.416 e. The molecule has 152 valence electrons. The number of benzene rings is 2. The van der Waals surface area contributed by atoms with Crippen LogP contribution in [-0.2, 0) is 21.0 Å². The molecule has 3 aromatic rings. The molecule has 0 atom stereocenters. The van der Waals surface area contributed by atoms with Crippen molar-refractivity contribution in [1.82, 2.24) is 14.3 Å². The Labute approximate surface area is 167 Å². The molecule has 0 saturated carbocycles. The normalized spacial score (nSPS) is 12.0. The van der Waals surface area contributed by atoms with Crippen LogP contribution in [0.1, 0.15) is 5.56 Å². The molecule has 0 spiro atoms. The first-order valence-electron chi connectivity index (χ1n) is 7.99. The third kappa shape index (κ3) is 5.37. The fourth-order valence-corrected chi connectivity index (χ4v) is 3.80. The van der Waals surface area contributed by atoms with E-state index in [0.717, 1.165) is 23.8 Å². The van der Waals surface area contributed by atoms with E-state index < -0.39 is 39.1 Å². The second-order valence-corrected chi connectivity index (χ2v) is 8.14. The number of carbonyl (C=O) groups excluding carboxylic acids is 1. The highest BCUT2D eigenvalue weighted by atomic mass is 32.2. The number of anilines is 1. The maximum atomic E-state index is 12.7. The van der Waals surface area contributed by atoms with Gasteiger partial charge in [0.2, 0.25) is 15.9 Å². The second-order valence-electron chi connectivity index (χ2n) is 5.77. The first-order valence-corrected chi connectivity index (χ1v) is 10.3. The summed E-state index contributed by atoms with van der Waals surface area (Å²) in [6.07, 6.45) is -4.68. The van der Waals surface area contributed by atoms with Crippen molar-refractivity contribution in [2.24, 2.45) is 0 Å². The van der Waals surface area contributed by atoms with E-state index in [0.29, 0.717) is 17.4 Å². The Morgan fingerprint density at radius 1 is 1.10 bits per heavy atom. The van der Waals surface area contributed by atoms with Gasteiger partial charge in [-0.2, -0.15) is 13.2 Å². The van der Waals surface area contributed by atoms with Crippen LogP contribution in [0.5, 0.6) is 0 Å². The number of aromatic nitrogens is 2. The van der Waals surface area contributed by atoms with Gasteiger partial charge < -0.3 is 5.32 Å². The molecule has 0 radical (unpaired) electrons. The third-order valence-corrected chi connectivity index (χ3v) is 5.62. The Morgan fingerprint density at radius 2 is 1.83 bits per heavy atom. The lowest BCUT2D eigenvalue weighted by atomic mass is 10.1. The minimum atomic E-state index is -4.68. The lowest BCUT2D eigenvalue weighted by molar-refractivity contribution is -0.137. The highest BCUT2D eigenvalue weighted by Gasteiger charge is 2.31. The van der Waals surface area contributed by atoms with Gasteiger partial charge in [-0.05, 0) is 41.9 Å². The van der Waals surface area contributed by atoms with Gasteiger partial charge in [0.15, 0.2) is 0 Å². The number of alkyl halides is 3. The molecular formula is C17H13F3N4O3S2. The van der Waals surface area contributed by atoms with Crippen LogP contribution in [0.2, 0.25) is 0 Å². The van der Waals surface area contributed by atoms with Crippen LogP contribution in [0.3, 0.4) is 0 Å². The predicted molar refractivity (Wildman–Crippen MR) is 101 cm³/mol. The van der Waals surface area contributed by atoms with Crippen LogP contribution < -0.4 is 10.0 Å². The summed E-state index contributed by atoms with van der Waals surface area (Å²) in [6.45, 7) is -0.643. The van der Waals surface area contributed by atoms with Gasteiger partial charge in [0.05, 0.1) is 17.0 Å². The number of halogens is 3. The molecule has 0 bridgehead atoms. The van der Waals surface area contributed by atoms with E-state index in [4.69, 9.17) is 0 Å². The molecule has 29 heavy (non-hydrogen) atoms. The predicted octanol–water partition coefficient (Wildman–Crippen LogP) is 3.14. The van der Waals surface area contributed by atoms with Crippen LogP contribution in [-0.4, -0.2) is 30.5 Å². The fourth-order valence-electron chi connectivity index (χ4n) is 2.30. The van der Waals surface area contributed by atoms with Crippen LogP contribution in [0, 0.1) is 0 Å². The van der Waals surface area contributed by atoms with Crippen LogP contribution in [0.4, 0.5) is 18.9 Å². The molecule has 1 aromatic heterocycles. The fraction of sp³-hybridized carbons (Fsp3) is 0.118. The molecule has 12 heteroatoms. The molecule has 0 unspecified atom stereocenters. The Morgan fingerprint density at radius 3 is 2.45 bits per heavy atom. The van der Waals surface area contributed by atoms with E-state index in [1.165, 1.54) is 11.5 Å². The standard InChI is InChI=1S/C17H13F3N4O3S2/c18-17(19,20)12-2-1-3-14(8-12)29(26,27)21-9-16(25)22-13-6-4-11(5-7-13)15-10-28-24-23-15/h1-8,10,21H,9H2,(H,22,25). The molecule has 1 heterocycles. The van der Waals surface area contributed by atoms with Gasteiger partial charge in [-0.1, -0.05) is 22.7 Å². The molecule has 2 aromatic carbocycles. The zero-order chi connectivity index (χ0) is 21.1. The summed E-state index contributed by atoms with van der Waals surface area (Å²) < 4.78 is 68.3. The van der Waals surface area contributed by atoms with E-state index >= 15 is 0 Å². The van der Waals surface area contributed by atoms with E-state index in [1.54, 1.807) is 29.6 Å².